The van der Waals surface area contributed by atoms with Crippen molar-refractivity contribution in [3.8, 4) is 12.1 Å². The molecule has 0 aromatic heterocycles. The molecule has 0 aliphatic heterocycles. The maximum absolute atomic E-state index is 8.89. The number of allylic oxidation sites excluding steroid dienone is 7. The molecule has 1 rings (SSSR count). The van der Waals surface area contributed by atoms with Gasteiger partial charge >= 0.3 is 0 Å². The lowest BCUT2D eigenvalue weighted by Crippen LogP contribution is -1.87. The van der Waals surface area contributed by atoms with Crippen molar-refractivity contribution in [3.05, 3.63) is 52.8 Å². The summed E-state index contributed by atoms with van der Waals surface area (Å²) in [5.41, 5.74) is 4.44. The fourth-order valence-electron chi connectivity index (χ4n) is 1.03. The smallest absolute Gasteiger partial charge is 0.101 e. The molecule has 0 fully saturated rings. The Bertz CT molecular complexity index is 467. The molecule has 0 aromatic carbocycles. The van der Waals surface area contributed by atoms with E-state index in [4.69, 9.17) is 10.5 Å². The fourth-order valence-corrected chi connectivity index (χ4v) is 1.03. The second-order valence-electron chi connectivity index (χ2n) is 2.71. The molecule has 0 bridgehead atoms. The van der Waals surface area contributed by atoms with E-state index in [1.807, 2.05) is 24.3 Å². The summed E-state index contributed by atoms with van der Waals surface area (Å²) in [6.07, 6.45) is 8.86. The first-order chi connectivity index (χ1) is 6.79. The van der Waals surface area contributed by atoms with Crippen LogP contribution in [0.2, 0.25) is 0 Å². The van der Waals surface area contributed by atoms with Gasteiger partial charge in [-0.3, -0.25) is 0 Å². The van der Waals surface area contributed by atoms with E-state index in [2.05, 4.69) is 5.73 Å². The summed E-state index contributed by atoms with van der Waals surface area (Å²) in [6.45, 7) is 1.63. The highest BCUT2D eigenvalue weighted by atomic mass is 14.3. The topological polar surface area (TPSA) is 47.6 Å². The van der Waals surface area contributed by atoms with Crippen LogP contribution >= 0.6 is 0 Å². The lowest BCUT2D eigenvalue weighted by Gasteiger charge is -1.97. The van der Waals surface area contributed by atoms with Gasteiger partial charge in [-0.15, -0.1) is 5.73 Å². The third-order valence-electron chi connectivity index (χ3n) is 1.76. The van der Waals surface area contributed by atoms with Crippen LogP contribution in [0.25, 0.3) is 0 Å². The zero-order chi connectivity index (χ0) is 10.4. The standard InChI is InChI=1S/C12H8N2/c1-10(8-13)12(9-14)11-6-4-2-3-5-7-11/h2-4,6-7H,1H3/b12-10-. The van der Waals surface area contributed by atoms with Gasteiger partial charge in [0.1, 0.15) is 6.07 Å². The molecule has 1 aliphatic carbocycles. The van der Waals surface area contributed by atoms with Gasteiger partial charge in [-0.25, -0.2) is 0 Å². The Labute approximate surface area is 83.1 Å². The molecular formula is C12H8N2. The third kappa shape index (κ3) is 2.11. The Morgan fingerprint density at radius 2 is 2.07 bits per heavy atom. The third-order valence-corrected chi connectivity index (χ3v) is 1.76. The number of nitriles is 2. The predicted octanol–water partition coefficient (Wildman–Crippen LogP) is 2.56. The second-order valence-corrected chi connectivity index (χ2v) is 2.71. The minimum atomic E-state index is 0.403. The first-order valence-corrected chi connectivity index (χ1v) is 4.10. The minimum Gasteiger partial charge on any atom is -0.193 e. The van der Waals surface area contributed by atoms with Gasteiger partial charge in [0.15, 0.2) is 0 Å². The average molecular weight is 180 g/mol. The van der Waals surface area contributed by atoms with Crippen LogP contribution in [0, 0.1) is 22.7 Å². The van der Waals surface area contributed by atoms with Crippen LogP contribution in [-0.2, 0) is 0 Å². The van der Waals surface area contributed by atoms with Crippen LogP contribution in [0.3, 0.4) is 0 Å². The monoisotopic (exact) mass is 180 g/mol. The molecule has 1 aliphatic rings. The molecule has 0 radical (unpaired) electrons. The molecular weight excluding hydrogens is 172 g/mol. The zero-order valence-corrected chi connectivity index (χ0v) is 7.78. The molecule has 14 heavy (non-hydrogen) atoms. The fraction of sp³-hybridized carbons (Fsp3) is 0.0833. The Hall–Kier alpha value is -2.28. The molecule has 2 nitrogen and oxygen atoms in total. The average Bonchev–Trinajstić information content (AvgIpc) is 2.47. The van der Waals surface area contributed by atoms with Gasteiger partial charge in [0, 0.05) is 11.1 Å². The van der Waals surface area contributed by atoms with E-state index in [1.54, 1.807) is 25.2 Å². The summed E-state index contributed by atoms with van der Waals surface area (Å²) >= 11 is 0. The molecule has 0 N–H and O–H groups in total. The van der Waals surface area contributed by atoms with Crippen LogP contribution < -0.4 is 0 Å². The van der Waals surface area contributed by atoms with E-state index < -0.39 is 0 Å². The van der Waals surface area contributed by atoms with Crippen molar-refractivity contribution in [1.82, 2.24) is 0 Å². The molecule has 0 atom stereocenters. The zero-order valence-electron chi connectivity index (χ0n) is 7.78. The van der Waals surface area contributed by atoms with Crippen LogP contribution in [0.1, 0.15) is 6.92 Å². The Morgan fingerprint density at radius 3 is 2.71 bits per heavy atom. The Morgan fingerprint density at radius 1 is 1.29 bits per heavy atom. The summed E-state index contributed by atoms with van der Waals surface area (Å²) in [4.78, 5) is 0. The highest BCUT2D eigenvalue weighted by Crippen LogP contribution is 2.16. The van der Waals surface area contributed by atoms with Crippen molar-refractivity contribution in [2.45, 2.75) is 6.92 Å². The van der Waals surface area contributed by atoms with Gasteiger partial charge in [0.05, 0.1) is 11.6 Å². The quantitative estimate of drug-likeness (QED) is 0.460. The van der Waals surface area contributed by atoms with Gasteiger partial charge in [-0.05, 0) is 19.1 Å². The normalized spacial score (nSPS) is 14.9. The predicted molar refractivity (Wildman–Crippen MR) is 53.8 cm³/mol. The van der Waals surface area contributed by atoms with E-state index in [9.17, 15) is 0 Å². The minimum absolute atomic E-state index is 0.403. The molecule has 0 aromatic rings. The maximum Gasteiger partial charge on any atom is 0.101 e. The number of hydrogen-bond donors (Lipinski definition) is 0. The van der Waals surface area contributed by atoms with Crippen molar-refractivity contribution in [2.24, 2.45) is 0 Å². The van der Waals surface area contributed by atoms with Gasteiger partial charge in [0.2, 0.25) is 0 Å². The van der Waals surface area contributed by atoms with E-state index in [0.717, 1.165) is 5.57 Å². The number of hydrogen-bond acceptors (Lipinski definition) is 2. The van der Waals surface area contributed by atoms with Crippen LogP contribution in [-0.4, -0.2) is 0 Å². The summed E-state index contributed by atoms with van der Waals surface area (Å²) in [5.74, 6) is 0. The van der Waals surface area contributed by atoms with Gasteiger partial charge < -0.3 is 0 Å². The van der Waals surface area contributed by atoms with E-state index in [-0.39, 0.29) is 0 Å². The van der Waals surface area contributed by atoms with Crippen LogP contribution in [0.5, 0.6) is 0 Å². The second kappa shape index (κ2) is 4.67. The van der Waals surface area contributed by atoms with E-state index in [0.29, 0.717) is 11.1 Å². The first-order valence-electron chi connectivity index (χ1n) is 4.10. The lowest BCUT2D eigenvalue weighted by molar-refractivity contribution is 1.36. The lowest BCUT2D eigenvalue weighted by atomic mass is 10.0. The molecule has 0 amide bonds. The van der Waals surface area contributed by atoms with Crippen LogP contribution in [0.4, 0.5) is 0 Å². The Balaban J connectivity index is 3.25. The van der Waals surface area contributed by atoms with Crippen LogP contribution in [0.15, 0.2) is 52.8 Å². The van der Waals surface area contributed by atoms with Crippen molar-refractivity contribution in [3.63, 3.8) is 0 Å². The molecule has 0 saturated carbocycles. The molecule has 0 unspecified atom stereocenters. The molecule has 0 heterocycles. The number of rotatable bonds is 1. The maximum atomic E-state index is 8.89. The summed E-state index contributed by atoms with van der Waals surface area (Å²) < 4.78 is 0. The highest BCUT2D eigenvalue weighted by Gasteiger charge is 2.05. The van der Waals surface area contributed by atoms with E-state index in [1.165, 1.54) is 0 Å². The summed E-state index contributed by atoms with van der Waals surface area (Å²) in [7, 11) is 0. The van der Waals surface area contributed by atoms with Crippen molar-refractivity contribution in [2.75, 3.05) is 0 Å². The number of nitrogens with zero attached hydrogens (tertiary/aromatic N) is 2. The summed E-state index contributed by atoms with van der Waals surface area (Å²) in [6, 6.07) is 3.99. The molecule has 2 heteroatoms. The van der Waals surface area contributed by atoms with Crippen molar-refractivity contribution < 1.29 is 0 Å². The van der Waals surface area contributed by atoms with Crippen molar-refractivity contribution in [1.29, 1.82) is 10.5 Å². The van der Waals surface area contributed by atoms with Gasteiger partial charge in [-0.2, -0.15) is 10.5 Å². The van der Waals surface area contributed by atoms with Gasteiger partial charge in [-0.1, -0.05) is 18.2 Å². The SMILES string of the molecule is C/C(C#N)=C(\C#N)C1=CC=CC=C=C1. The summed E-state index contributed by atoms with van der Waals surface area (Å²) in [5, 5.41) is 17.6. The first kappa shape index (κ1) is 9.81. The molecule has 0 spiro atoms. The van der Waals surface area contributed by atoms with E-state index >= 15 is 0 Å². The molecule has 0 saturated heterocycles. The van der Waals surface area contributed by atoms with Gasteiger partial charge in [0.25, 0.3) is 0 Å². The molecule has 66 valence electrons. The van der Waals surface area contributed by atoms with Crippen molar-refractivity contribution >= 4 is 0 Å². The largest absolute Gasteiger partial charge is 0.193 e. The Kier molecular flexibility index (Phi) is 3.27. The highest BCUT2D eigenvalue weighted by molar-refractivity contribution is 5.55.